The van der Waals surface area contributed by atoms with E-state index in [0.717, 1.165) is 53.4 Å². The monoisotopic (exact) mass is 535 g/mol. The average Bonchev–Trinajstić information content (AvgIpc) is 3.44. The Morgan fingerprint density at radius 3 is 2.44 bits per heavy atom. The van der Waals surface area contributed by atoms with Crippen LogP contribution in [0.5, 0.6) is 0 Å². The van der Waals surface area contributed by atoms with Crippen LogP contribution in [-0.4, -0.2) is 44.6 Å². The number of nitrogens with zero attached hydrogens (tertiary/aromatic N) is 5. The van der Waals surface area contributed by atoms with E-state index in [0.29, 0.717) is 22.8 Å². The Bertz CT molecular complexity index is 1610. The van der Waals surface area contributed by atoms with Crippen LogP contribution >= 0.6 is 0 Å². The number of nitrogens with two attached hydrogens (primary N) is 1. The summed E-state index contributed by atoms with van der Waals surface area (Å²) < 4.78 is 31.3. The smallest absolute Gasteiger partial charge is 0.276 e. The minimum absolute atomic E-state index is 0.0184. The van der Waals surface area contributed by atoms with Crippen molar-refractivity contribution in [3.05, 3.63) is 75.8 Å². The van der Waals surface area contributed by atoms with Gasteiger partial charge >= 0.3 is 0 Å². The summed E-state index contributed by atoms with van der Waals surface area (Å²) in [5, 5.41) is 12.6. The first-order valence-corrected chi connectivity index (χ1v) is 13.0. The van der Waals surface area contributed by atoms with E-state index >= 15 is 0 Å². The maximum atomic E-state index is 14.4. The molecule has 9 nitrogen and oxygen atoms in total. The minimum atomic E-state index is -0.969. The van der Waals surface area contributed by atoms with Crippen LogP contribution in [-0.2, 0) is 0 Å². The molecule has 0 bridgehead atoms. The highest BCUT2D eigenvalue weighted by atomic mass is 19.1. The van der Waals surface area contributed by atoms with E-state index in [1.54, 1.807) is 0 Å². The van der Waals surface area contributed by atoms with Crippen molar-refractivity contribution in [2.24, 2.45) is 11.7 Å². The van der Waals surface area contributed by atoms with Gasteiger partial charge in [-0.25, -0.2) is 8.78 Å². The normalized spacial score (nSPS) is 17.4. The summed E-state index contributed by atoms with van der Waals surface area (Å²) in [7, 11) is 0. The molecule has 3 N–H and O–H groups in total. The summed E-state index contributed by atoms with van der Waals surface area (Å²) in [4.78, 5) is 28.0. The molecule has 5 rings (SSSR count). The van der Waals surface area contributed by atoms with Gasteiger partial charge < -0.3 is 16.0 Å². The summed E-state index contributed by atoms with van der Waals surface area (Å²) in [6, 6.07) is 9.33. The van der Waals surface area contributed by atoms with Crippen molar-refractivity contribution in [2.45, 2.75) is 46.2 Å². The van der Waals surface area contributed by atoms with Crippen LogP contribution in [0.1, 0.15) is 49.4 Å². The van der Waals surface area contributed by atoms with Crippen LogP contribution in [0.15, 0.2) is 47.3 Å². The van der Waals surface area contributed by atoms with Crippen LogP contribution < -0.4 is 21.5 Å². The van der Waals surface area contributed by atoms with Gasteiger partial charge in [0.05, 0.1) is 22.6 Å². The second kappa shape index (κ2) is 10.2. The van der Waals surface area contributed by atoms with Gasteiger partial charge in [-0.1, -0.05) is 19.4 Å². The second-order valence-corrected chi connectivity index (χ2v) is 10.2. The van der Waals surface area contributed by atoms with Crippen molar-refractivity contribution in [3.8, 4) is 5.69 Å². The van der Waals surface area contributed by atoms with E-state index in [4.69, 9.17) is 10.8 Å². The number of aromatic nitrogens is 4. The molecule has 1 aliphatic heterocycles. The zero-order valence-electron chi connectivity index (χ0n) is 22.3. The van der Waals surface area contributed by atoms with Crippen LogP contribution in [0.2, 0.25) is 0 Å². The molecule has 0 saturated carbocycles. The zero-order chi connectivity index (χ0) is 28.0. The topological polar surface area (TPSA) is 111 Å². The number of benzene rings is 2. The number of nitrogens with one attached hydrogen (secondary N) is 1. The molecule has 0 spiro atoms. The lowest BCUT2D eigenvalue weighted by molar-refractivity contribution is 0.102. The highest BCUT2D eigenvalue weighted by molar-refractivity contribution is 6.09. The maximum absolute atomic E-state index is 14.4. The maximum Gasteiger partial charge on any atom is 0.276 e. The number of hydrogen-bond donors (Lipinski definition) is 2. The fraction of sp³-hybridized carbons (Fsp3) is 0.357. The van der Waals surface area contributed by atoms with Crippen molar-refractivity contribution >= 4 is 28.2 Å². The van der Waals surface area contributed by atoms with E-state index in [1.807, 2.05) is 23.7 Å². The fourth-order valence-corrected chi connectivity index (χ4v) is 5.30. The minimum Gasteiger partial charge on any atom is -0.367 e. The first kappa shape index (κ1) is 26.5. The highest BCUT2D eigenvalue weighted by Crippen LogP contribution is 2.40. The molecule has 39 heavy (non-hydrogen) atoms. The number of hydrogen-bond acceptors (Lipinski definition) is 6. The van der Waals surface area contributed by atoms with Gasteiger partial charge in [0.25, 0.3) is 11.5 Å². The summed E-state index contributed by atoms with van der Waals surface area (Å²) >= 11 is 0. The third-order valence-corrected chi connectivity index (χ3v) is 7.27. The van der Waals surface area contributed by atoms with Gasteiger partial charge in [-0.05, 0) is 57.0 Å². The number of para-hydroxylation sites is 1. The molecule has 1 fully saturated rings. The number of halogens is 2. The number of fused-ring (bicyclic) bond motifs is 1. The molecule has 1 saturated heterocycles. The Kier molecular flexibility index (Phi) is 6.94. The SMILES string of the molecule is CC[C@@H]1CN(c2c(NC(=O)c3ccc(=O)n(-c4c(F)cccc4F)n3)ccc3c2c(C)nn3C(C)C)C[C@@H]1N. The van der Waals surface area contributed by atoms with Gasteiger partial charge in [0.1, 0.15) is 11.4 Å². The number of anilines is 2. The van der Waals surface area contributed by atoms with Gasteiger partial charge in [0.15, 0.2) is 11.6 Å². The van der Waals surface area contributed by atoms with Crippen molar-refractivity contribution < 1.29 is 13.6 Å². The van der Waals surface area contributed by atoms with E-state index < -0.39 is 28.8 Å². The van der Waals surface area contributed by atoms with Gasteiger partial charge in [-0.2, -0.15) is 14.9 Å². The first-order chi connectivity index (χ1) is 18.6. The number of aryl methyl sites for hydroxylation is 1. The van der Waals surface area contributed by atoms with Gasteiger partial charge in [-0.15, -0.1) is 0 Å². The predicted molar refractivity (Wildman–Crippen MR) is 147 cm³/mol. The van der Waals surface area contributed by atoms with Gasteiger partial charge in [0.2, 0.25) is 0 Å². The lowest BCUT2D eigenvalue weighted by Gasteiger charge is -2.24. The van der Waals surface area contributed by atoms with Crippen molar-refractivity contribution in [3.63, 3.8) is 0 Å². The largest absolute Gasteiger partial charge is 0.367 e. The van der Waals surface area contributed by atoms with Crippen LogP contribution in [0.25, 0.3) is 16.6 Å². The zero-order valence-corrected chi connectivity index (χ0v) is 22.3. The summed E-state index contributed by atoms with van der Waals surface area (Å²) in [5.74, 6) is -2.28. The number of carbonyl (C=O) groups is 1. The molecule has 2 aromatic heterocycles. The Labute approximate surface area is 224 Å². The lowest BCUT2D eigenvalue weighted by atomic mass is 10.0. The molecule has 204 valence electrons. The van der Waals surface area contributed by atoms with Crippen molar-refractivity contribution in [1.29, 1.82) is 0 Å². The van der Waals surface area contributed by atoms with Crippen LogP contribution in [0.3, 0.4) is 0 Å². The third-order valence-electron chi connectivity index (χ3n) is 7.27. The molecule has 2 atom stereocenters. The number of amides is 1. The Morgan fingerprint density at radius 2 is 1.79 bits per heavy atom. The first-order valence-electron chi connectivity index (χ1n) is 13.0. The molecule has 2 aromatic carbocycles. The van der Waals surface area contributed by atoms with Gasteiger partial charge in [-0.3, -0.25) is 14.3 Å². The summed E-state index contributed by atoms with van der Waals surface area (Å²) in [6.07, 6.45) is 0.928. The van der Waals surface area contributed by atoms with E-state index in [2.05, 4.69) is 36.1 Å². The molecule has 3 heterocycles. The summed E-state index contributed by atoms with van der Waals surface area (Å²) in [6.45, 7) is 9.49. The standard InChI is InChI=1S/C28H31F2N7O2/c1-5-17-13-35(14-20(17)31)27-21(9-11-23-25(27)16(4)33-36(23)15(2)3)32-28(39)22-10-12-24(38)37(34-22)26-18(29)7-6-8-19(26)30/h6-12,15,17,20H,5,13-14,31H2,1-4H3,(H,32,39)/t17-,20+/m1/s1. The Morgan fingerprint density at radius 1 is 1.08 bits per heavy atom. The van der Waals surface area contributed by atoms with Crippen LogP contribution in [0, 0.1) is 24.5 Å². The molecule has 1 amide bonds. The molecule has 4 aromatic rings. The van der Waals surface area contributed by atoms with Crippen molar-refractivity contribution in [1.82, 2.24) is 19.6 Å². The van der Waals surface area contributed by atoms with E-state index in [1.165, 1.54) is 12.1 Å². The molecule has 0 radical (unpaired) electrons. The quantitative estimate of drug-likeness (QED) is 0.383. The fourth-order valence-electron chi connectivity index (χ4n) is 5.30. The van der Waals surface area contributed by atoms with E-state index in [9.17, 15) is 18.4 Å². The molecular weight excluding hydrogens is 504 g/mol. The Balaban J connectivity index is 1.59. The molecular formula is C28H31F2N7O2. The summed E-state index contributed by atoms with van der Waals surface area (Å²) in [5.41, 5.74) is 7.95. The molecule has 1 aliphatic rings. The Hall–Kier alpha value is -4.12. The molecule has 0 aliphatic carbocycles. The van der Waals surface area contributed by atoms with E-state index in [-0.39, 0.29) is 17.8 Å². The predicted octanol–water partition coefficient (Wildman–Crippen LogP) is 4.18. The van der Waals surface area contributed by atoms with Gasteiger partial charge in [0, 0.05) is 36.6 Å². The second-order valence-electron chi connectivity index (χ2n) is 10.2. The molecule has 0 unspecified atom stereocenters. The third kappa shape index (κ3) is 4.67. The lowest BCUT2D eigenvalue weighted by Crippen LogP contribution is -2.30. The highest BCUT2D eigenvalue weighted by Gasteiger charge is 2.32. The number of rotatable bonds is 6. The molecule has 11 heteroatoms. The van der Waals surface area contributed by atoms with Crippen LogP contribution in [0.4, 0.5) is 20.2 Å². The number of carbonyl (C=O) groups excluding carboxylic acids is 1. The van der Waals surface area contributed by atoms with Crippen molar-refractivity contribution in [2.75, 3.05) is 23.3 Å². The average molecular weight is 536 g/mol.